The summed E-state index contributed by atoms with van der Waals surface area (Å²) in [4.78, 5) is 27.3. The number of aromatic amines is 1. The van der Waals surface area contributed by atoms with Crippen LogP contribution in [0.3, 0.4) is 0 Å². The van der Waals surface area contributed by atoms with Crippen LogP contribution in [0.15, 0.2) is 12.2 Å². The molecule has 112 valence electrons. The van der Waals surface area contributed by atoms with Crippen LogP contribution in [0.1, 0.15) is 70.6 Å². The van der Waals surface area contributed by atoms with Gasteiger partial charge in [0.25, 0.3) is 0 Å². The van der Waals surface area contributed by atoms with Crippen molar-refractivity contribution in [3.63, 3.8) is 0 Å². The van der Waals surface area contributed by atoms with E-state index < -0.39 is 11.9 Å². The highest BCUT2D eigenvalue weighted by molar-refractivity contribution is 5.97. The molecule has 0 aliphatic heterocycles. The number of rotatable bonds is 4. The molecule has 2 bridgehead atoms. The molecule has 0 amide bonds. The zero-order valence-corrected chi connectivity index (χ0v) is 12.3. The zero-order chi connectivity index (χ0) is 15.0. The number of allylic oxidation sites excluding steroid dienone is 2. The van der Waals surface area contributed by atoms with Crippen LogP contribution in [0.5, 0.6) is 0 Å². The summed E-state index contributed by atoms with van der Waals surface area (Å²) in [5.41, 5.74) is 2.67. The Labute approximate surface area is 123 Å². The van der Waals surface area contributed by atoms with Gasteiger partial charge in [0.1, 0.15) is 11.4 Å². The van der Waals surface area contributed by atoms with Crippen LogP contribution in [-0.2, 0) is 9.47 Å². The molecule has 1 heterocycles. The third-order valence-corrected chi connectivity index (χ3v) is 4.14. The first-order chi connectivity index (χ1) is 10.2. The average Bonchev–Trinajstić information content (AvgIpc) is 2.91. The summed E-state index contributed by atoms with van der Waals surface area (Å²) in [5, 5.41) is 0. The van der Waals surface area contributed by atoms with Gasteiger partial charge in [-0.2, -0.15) is 0 Å². The lowest BCUT2D eigenvalue weighted by Crippen LogP contribution is -2.20. The maximum absolute atomic E-state index is 12.2. The Morgan fingerprint density at radius 2 is 1.43 bits per heavy atom. The molecule has 0 aromatic carbocycles. The number of hydrogen-bond acceptors (Lipinski definition) is 4. The standard InChI is InChI=1S/C16H19NO4/c1-3-20-15(18)13-11-9-5-7-10(8-6-9)12(11)14(17-13)16(19)21-4-2/h5,7,9-10,17H,3-4,6,8H2,1-2H3. The predicted octanol–water partition coefficient (Wildman–Crippen LogP) is 2.90. The number of esters is 2. The number of fused-ring (bicyclic) bond motifs is 1. The van der Waals surface area contributed by atoms with E-state index in [1.165, 1.54) is 0 Å². The molecule has 0 fully saturated rings. The summed E-state index contributed by atoms with van der Waals surface area (Å²) >= 11 is 0. The summed E-state index contributed by atoms with van der Waals surface area (Å²) < 4.78 is 10.2. The quantitative estimate of drug-likeness (QED) is 0.683. The molecule has 0 saturated carbocycles. The summed E-state index contributed by atoms with van der Waals surface area (Å²) in [6.45, 7) is 4.16. The fourth-order valence-electron chi connectivity index (χ4n) is 3.33. The van der Waals surface area contributed by atoms with E-state index >= 15 is 0 Å². The van der Waals surface area contributed by atoms with Gasteiger partial charge in [0.2, 0.25) is 0 Å². The lowest BCUT2D eigenvalue weighted by molar-refractivity contribution is 0.0515. The number of H-pyrrole nitrogens is 1. The maximum Gasteiger partial charge on any atom is 0.355 e. The molecule has 1 aromatic heterocycles. The molecular weight excluding hydrogens is 270 g/mol. The molecule has 0 saturated heterocycles. The molecule has 0 spiro atoms. The third kappa shape index (κ3) is 2.17. The monoisotopic (exact) mass is 289 g/mol. The first-order valence-electron chi connectivity index (χ1n) is 7.45. The van der Waals surface area contributed by atoms with Crippen molar-refractivity contribution in [2.24, 2.45) is 0 Å². The fourth-order valence-corrected chi connectivity index (χ4v) is 3.33. The predicted molar refractivity (Wildman–Crippen MR) is 76.6 cm³/mol. The Hall–Kier alpha value is -2.04. The minimum atomic E-state index is -0.398. The van der Waals surface area contributed by atoms with Crippen molar-refractivity contribution in [3.05, 3.63) is 34.7 Å². The normalized spacial score (nSPS) is 22.0. The highest BCUT2D eigenvalue weighted by atomic mass is 16.5. The molecule has 2 atom stereocenters. The summed E-state index contributed by atoms with van der Waals surface area (Å²) in [6.07, 6.45) is 6.26. The Kier molecular flexibility index (Phi) is 3.57. The van der Waals surface area contributed by atoms with Crippen LogP contribution in [0.25, 0.3) is 0 Å². The van der Waals surface area contributed by atoms with Gasteiger partial charge in [-0.25, -0.2) is 9.59 Å². The molecule has 3 aliphatic carbocycles. The lowest BCUT2D eigenvalue weighted by Gasteiger charge is -2.31. The highest BCUT2D eigenvalue weighted by Gasteiger charge is 2.39. The summed E-state index contributed by atoms with van der Waals surface area (Å²) in [5.74, 6) is -0.428. The van der Waals surface area contributed by atoms with Crippen LogP contribution >= 0.6 is 0 Å². The van der Waals surface area contributed by atoms with Gasteiger partial charge in [-0.1, -0.05) is 12.2 Å². The van der Waals surface area contributed by atoms with Crippen molar-refractivity contribution in [3.8, 4) is 0 Å². The molecule has 5 nitrogen and oxygen atoms in total. The van der Waals surface area contributed by atoms with E-state index in [0.717, 1.165) is 24.0 Å². The van der Waals surface area contributed by atoms with Crippen LogP contribution < -0.4 is 0 Å². The van der Waals surface area contributed by atoms with E-state index in [1.807, 2.05) is 0 Å². The van der Waals surface area contributed by atoms with E-state index in [4.69, 9.17) is 9.47 Å². The second-order valence-electron chi connectivity index (χ2n) is 5.32. The number of aromatic nitrogens is 1. The second kappa shape index (κ2) is 5.39. The van der Waals surface area contributed by atoms with Crippen molar-refractivity contribution >= 4 is 11.9 Å². The van der Waals surface area contributed by atoms with Gasteiger partial charge in [-0.05, 0) is 37.8 Å². The van der Waals surface area contributed by atoms with Gasteiger partial charge in [0.05, 0.1) is 13.2 Å². The van der Waals surface area contributed by atoms with Gasteiger partial charge >= 0.3 is 11.9 Å². The van der Waals surface area contributed by atoms with E-state index in [9.17, 15) is 9.59 Å². The molecule has 1 N–H and O–H groups in total. The topological polar surface area (TPSA) is 68.4 Å². The molecule has 4 rings (SSSR count). The number of ether oxygens (including phenoxy) is 2. The van der Waals surface area contributed by atoms with Crippen molar-refractivity contribution < 1.29 is 19.1 Å². The average molecular weight is 289 g/mol. The van der Waals surface area contributed by atoms with Gasteiger partial charge in [-0.3, -0.25) is 0 Å². The SMILES string of the molecule is CCOC(=O)c1[nH]c(C(=O)OCC)c2c1C1C=CC2CC1. The lowest BCUT2D eigenvalue weighted by atomic mass is 9.71. The Bertz CT molecular complexity index is 564. The molecule has 0 radical (unpaired) electrons. The largest absolute Gasteiger partial charge is 0.461 e. The molecule has 2 unspecified atom stereocenters. The first-order valence-corrected chi connectivity index (χ1v) is 7.45. The van der Waals surface area contributed by atoms with Crippen LogP contribution in [-0.4, -0.2) is 30.1 Å². The molecule has 1 aromatic rings. The summed E-state index contributed by atoms with van der Waals surface area (Å²) in [6, 6.07) is 0. The zero-order valence-electron chi connectivity index (χ0n) is 12.3. The molecule has 5 heteroatoms. The number of nitrogens with one attached hydrogen (secondary N) is 1. The summed E-state index contributed by atoms with van der Waals surface area (Å²) in [7, 11) is 0. The van der Waals surface area contributed by atoms with E-state index in [1.54, 1.807) is 13.8 Å². The van der Waals surface area contributed by atoms with Crippen molar-refractivity contribution in [1.29, 1.82) is 0 Å². The third-order valence-electron chi connectivity index (χ3n) is 4.14. The maximum atomic E-state index is 12.2. The fraction of sp³-hybridized carbons (Fsp3) is 0.500. The first kappa shape index (κ1) is 13.9. The van der Waals surface area contributed by atoms with Gasteiger partial charge in [0.15, 0.2) is 0 Å². The minimum absolute atomic E-state index is 0.184. The molecular formula is C16H19NO4. The van der Waals surface area contributed by atoms with Crippen LogP contribution in [0.2, 0.25) is 0 Å². The molecule has 3 aliphatic rings. The Balaban J connectivity index is 2.10. The number of carbonyl (C=O) groups is 2. The van der Waals surface area contributed by atoms with E-state index in [0.29, 0.717) is 24.6 Å². The number of hydrogen-bond donors (Lipinski definition) is 1. The van der Waals surface area contributed by atoms with E-state index in [-0.39, 0.29) is 11.8 Å². The van der Waals surface area contributed by atoms with Gasteiger partial charge < -0.3 is 14.5 Å². The molecule has 21 heavy (non-hydrogen) atoms. The van der Waals surface area contributed by atoms with Crippen molar-refractivity contribution in [1.82, 2.24) is 4.98 Å². The Morgan fingerprint density at radius 1 is 1.00 bits per heavy atom. The highest BCUT2D eigenvalue weighted by Crippen LogP contribution is 2.48. The minimum Gasteiger partial charge on any atom is -0.461 e. The van der Waals surface area contributed by atoms with Gasteiger partial charge in [-0.15, -0.1) is 0 Å². The van der Waals surface area contributed by atoms with Crippen molar-refractivity contribution in [2.75, 3.05) is 13.2 Å². The smallest absolute Gasteiger partial charge is 0.355 e. The second-order valence-corrected chi connectivity index (χ2v) is 5.32. The van der Waals surface area contributed by atoms with Crippen molar-refractivity contribution in [2.45, 2.75) is 38.5 Å². The number of carbonyl (C=O) groups excluding carboxylic acids is 2. The van der Waals surface area contributed by atoms with Crippen LogP contribution in [0, 0.1) is 0 Å². The van der Waals surface area contributed by atoms with Gasteiger partial charge in [0, 0.05) is 11.8 Å². The van der Waals surface area contributed by atoms with Crippen LogP contribution in [0.4, 0.5) is 0 Å². The van der Waals surface area contributed by atoms with E-state index in [2.05, 4.69) is 17.1 Å². The Morgan fingerprint density at radius 3 is 1.76 bits per heavy atom.